The van der Waals surface area contributed by atoms with E-state index in [4.69, 9.17) is 14.2 Å². The first kappa shape index (κ1) is 20.5. The van der Waals surface area contributed by atoms with E-state index >= 15 is 0 Å². The van der Waals surface area contributed by atoms with E-state index in [1.807, 2.05) is 6.92 Å². The fraction of sp³-hybridized carbons (Fsp3) is 0.696. The van der Waals surface area contributed by atoms with Crippen LogP contribution < -0.4 is 9.47 Å². The molecule has 0 spiro atoms. The number of hydrogen-bond acceptors (Lipinski definition) is 9. The quantitative estimate of drug-likeness (QED) is 0.702. The van der Waals surface area contributed by atoms with Gasteiger partial charge in [0.25, 0.3) is 0 Å². The summed E-state index contributed by atoms with van der Waals surface area (Å²) in [5.74, 6) is 1.36. The second kappa shape index (κ2) is 6.95. The summed E-state index contributed by atoms with van der Waals surface area (Å²) in [5.41, 5.74) is 2.25. The summed E-state index contributed by atoms with van der Waals surface area (Å²) in [6.07, 6.45) is 0.862. The van der Waals surface area contributed by atoms with Crippen LogP contribution in [0.2, 0.25) is 0 Å². The van der Waals surface area contributed by atoms with Gasteiger partial charge in [0.05, 0.1) is 45.6 Å². The van der Waals surface area contributed by atoms with Gasteiger partial charge in [0.1, 0.15) is 18.0 Å². The van der Waals surface area contributed by atoms with Crippen LogP contribution in [-0.2, 0) is 4.74 Å². The van der Waals surface area contributed by atoms with Gasteiger partial charge in [-0.2, -0.15) is 5.26 Å². The Balaban J connectivity index is 1.69. The number of phenolic OH excluding ortho intramolecular Hbond substituents is 1. The number of phenols is 1. The maximum Gasteiger partial charge on any atom is 0.167 e. The molecule has 0 aromatic heterocycles. The van der Waals surface area contributed by atoms with E-state index in [2.05, 4.69) is 27.8 Å². The average molecular weight is 443 g/mol. The lowest BCUT2D eigenvalue weighted by Crippen LogP contribution is -2.72. The number of benzene rings is 1. The Labute approximate surface area is 187 Å². The third-order valence-corrected chi connectivity index (χ3v) is 8.73. The number of ether oxygens (including phenoxy) is 3. The van der Waals surface area contributed by atoms with Gasteiger partial charge in [-0.3, -0.25) is 14.7 Å². The molecule has 9 nitrogen and oxygen atoms in total. The van der Waals surface area contributed by atoms with Gasteiger partial charge in [-0.25, -0.2) is 0 Å². The molecule has 172 valence electrons. The number of hydrogen-bond donors (Lipinski definition) is 2. The van der Waals surface area contributed by atoms with Crippen molar-refractivity contribution >= 4 is 0 Å². The van der Waals surface area contributed by atoms with Gasteiger partial charge in [0.2, 0.25) is 0 Å². The maximum absolute atomic E-state index is 11.4. The number of nitriles is 1. The SMILES string of the molecule is COc1c(C)c(OC)c2c(c1O)[C@H](CO)N1[C@@H]3[C@H]4[C@H](C[C@H]([C@@H]1C#N)N4C)[C@H]1OCCN1[C@H]23. The van der Waals surface area contributed by atoms with Crippen molar-refractivity contribution < 1.29 is 24.4 Å². The molecule has 0 radical (unpaired) electrons. The predicted octanol–water partition coefficient (Wildman–Crippen LogP) is 0.743. The smallest absolute Gasteiger partial charge is 0.167 e. The van der Waals surface area contributed by atoms with E-state index in [0.717, 1.165) is 24.1 Å². The molecule has 2 bridgehead atoms. The van der Waals surface area contributed by atoms with Crippen LogP contribution in [0.15, 0.2) is 0 Å². The predicted molar refractivity (Wildman–Crippen MR) is 113 cm³/mol. The first-order valence-electron chi connectivity index (χ1n) is 11.3. The Morgan fingerprint density at radius 1 is 1.19 bits per heavy atom. The Kier molecular flexibility index (Phi) is 4.46. The minimum absolute atomic E-state index is 0.0166. The van der Waals surface area contributed by atoms with E-state index in [9.17, 15) is 15.5 Å². The topological polar surface area (TPSA) is 102 Å². The lowest BCUT2D eigenvalue weighted by atomic mass is 9.72. The summed E-state index contributed by atoms with van der Waals surface area (Å²) in [6, 6.07) is 1.76. The molecule has 32 heavy (non-hydrogen) atoms. The minimum atomic E-state index is -0.517. The molecular formula is C23H30N4O5. The Morgan fingerprint density at radius 2 is 1.94 bits per heavy atom. The largest absolute Gasteiger partial charge is 0.504 e. The number of piperazine rings is 1. The molecule has 5 aliphatic rings. The summed E-state index contributed by atoms with van der Waals surface area (Å²) >= 11 is 0. The van der Waals surface area contributed by atoms with Crippen molar-refractivity contribution in [2.24, 2.45) is 5.92 Å². The highest BCUT2D eigenvalue weighted by atomic mass is 16.5. The lowest BCUT2D eigenvalue weighted by molar-refractivity contribution is -0.153. The molecule has 2 N–H and O–H groups in total. The zero-order valence-electron chi connectivity index (χ0n) is 18.9. The number of aliphatic hydroxyl groups is 1. The van der Waals surface area contributed by atoms with Crippen LogP contribution in [-0.4, -0.2) is 96.3 Å². The van der Waals surface area contributed by atoms with Gasteiger partial charge in [-0.05, 0) is 20.4 Å². The summed E-state index contributed by atoms with van der Waals surface area (Å²) in [6.45, 7) is 3.13. The van der Waals surface area contributed by atoms with Crippen molar-refractivity contribution in [1.29, 1.82) is 5.26 Å². The molecule has 5 heterocycles. The summed E-state index contributed by atoms with van der Waals surface area (Å²) in [7, 11) is 5.28. The fourth-order valence-electron chi connectivity index (χ4n) is 7.74. The molecule has 0 aliphatic carbocycles. The Bertz CT molecular complexity index is 1010. The van der Waals surface area contributed by atoms with Crippen molar-refractivity contribution in [3.8, 4) is 23.3 Å². The van der Waals surface area contributed by atoms with E-state index in [1.54, 1.807) is 7.11 Å². The molecule has 1 aromatic rings. The highest BCUT2D eigenvalue weighted by Gasteiger charge is 2.68. The van der Waals surface area contributed by atoms with Crippen molar-refractivity contribution in [2.75, 3.05) is 41.0 Å². The minimum Gasteiger partial charge on any atom is -0.504 e. The monoisotopic (exact) mass is 442 g/mol. The van der Waals surface area contributed by atoms with Crippen LogP contribution in [0.25, 0.3) is 0 Å². The number of aliphatic hydroxyl groups excluding tert-OH is 1. The zero-order chi connectivity index (χ0) is 22.5. The second-order valence-electron chi connectivity index (χ2n) is 9.64. The molecular weight excluding hydrogens is 412 g/mol. The second-order valence-corrected chi connectivity index (χ2v) is 9.64. The van der Waals surface area contributed by atoms with Crippen molar-refractivity contribution in [2.45, 2.75) is 55.8 Å². The molecule has 6 rings (SSSR count). The average Bonchev–Trinajstić information content (AvgIpc) is 3.36. The van der Waals surface area contributed by atoms with Crippen molar-refractivity contribution in [1.82, 2.24) is 14.7 Å². The molecule has 9 heteroatoms. The van der Waals surface area contributed by atoms with Gasteiger partial charge in [0.15, 0.2) is 11.5 Å². The number of piperidine rings is 1. The fourth-order valence-corrected chi connectivity index (χ4v) is 7.74. The molecule has 0 unspecified atom stereocenters. The molecule has 4 fully saturated rings. The molecule has 0 amide bonds. The van der Waals surface area contributed by atoms with E-state index in [-0.39, 0.29) is 42.8 Å². The molecule has 1 aromatic carbocycles. The van der Waals surface area contributed by atoms with E-state index in [0.29, 0.717) is 29.6 Å². The first-order chi connectivity index (χ1) is 15.5. The van der Waals surface area contributed by atoms with E-state index in [1.165, 1.54) is 7.11 Å². The van der Waals surface area contributed by atoms with Gasteiger partial charge in [-0.1, -0.05) is 0 Å². The number of fused-ring (bicyclic) bond motifs is 6. The van der Waals surface area contributed by atoms with Crippen LogP contribution in [0.5, 0.6) is 17.2 Å². The van der Waals surface area contributed by atoms with Crippen molar-refractivity contribution in [3.63, 3.8) is 0 Å². The molecule has 0 saturated carbocycles. The highest BCUT2D eigenvalue weighted by molar-refractivity contribution is 5.65. The summed E-state index contributed by atoms with van der Waals surface area (Å²) in [5, 5.41) is 32.3. The Morgan fingerprint density at radius 3 is 2.59 bits per heavy atom. The van der Waals surface area contributed by atoms with Crippen molar-refractivity contribution in [3.05, 3.63) is 16.7 Å². The maximum atomic E-state index is 11.4. The first-order valence-corrected chi connectivity index (χ1v) is 11.3. The number of nitrogens with zero attached hydrogens (tertiary/aromatic N) is 4. The van der Waals surface area contributed by atoms with Crippen LogP contribution in [0.3, 0.4) is 0 Å². The third kappa shape index (κ3) is 2.20. The highest BCUT2D eigenvalue weighted by Crippen LogP contribution is 2.62. The Hall–Kier alpha value is -2.09. The van der Waals surface area contributed by atoms with Gasteiger partial charge >= 0.3 is 0 Å². The normalized spacial score (nSPS) is 40.0. The summed E-state index contributed by atoms with van der Waals surface area (Å²) < 4.78 is 17.8. The van der Waals surface area contributed by atoms with Gasteiger partial charge in [-0.15, -0.1) is 0 Å². The molecule has 5 aliphatic heterocycles. The van der Waals surface area contributed by atoms with Gasteiger partial charge in [0, 0.05) is 47.3 Å². The number of aromatic hydroxyl groups is 1. The lowest BCUT2D eigenvalue weighted by Gasteiger charge is -2.61. The molecule has 8 atom stereocenters. The zero-order valence-corrected chi connectivity index (χ0v) is 18.9. The molecule has 4 saturated heterocycles. The summed E-state index contributed by atoms with van der Waals surface area (Å²) in [4.78, 5) is 6.95. The van der Waals surface area contributed by atoms with Gasteiger partial charge < -0.3 is 24.4 Å². The third-order valence-electron chi connectivity index (χ3n) is 8.73. The number of rotatable bonds is 3. The van der Waals surface area contributed by atoms with Crippen LogP contribution in [0.4, 0.5) is 0 Å². The van der Waals surface area contributed by atoms with Crippen LogP contribution in [0, 0.1) is 24.2 Å². The van der Waals surface area contributed by atoms with Crippen LogP contribution >= 0.6 is 0 Å². The standard InChI is InChI=1S/C23H30N4O5/c1-10-21(30-3)16-15(20(29)22(10)31-4)14(9-28)27-13(8-24)12-7-11-17(25(12)2)19(27)18(16)26-5-6-32-23(11)26/h11-14,17-19,23,28-29H,5-7,9H2,1-4H3/t11-,12+,13-,14-,17+,18+,19+,23+/m0/s1. The van der Waals surface area contributed by atoms with E-state index < -0.39 is 12.1 Å². The van der Waals surface area contributed by atoms with Crippen LogP contribution in [0.1, 0.15) is 35.2 Å². The number of methoxy groups -OCH3 is 2. The number of likely N-dealkylation sites (N-methyl/N-ethyl adjacent to an activating group) is 1.